The maximum absolute atomic E-state index is 12.3. The number of nitrogens with one attached hydrogen (secondary N) is 2. The van der Waals surface area contributed by atoms with Crippen molar-refractivity contribution in [3.63, 3.8) is 0 Å². The van der Waals surface area contributed by atoms with E-state index in [1.54, 1.807) is 36.4 Å². The first kappa shape index (κ1) is 22.9. The lowest BCUT2D eigenvalue weighted by atomic mass is 10.1. The van der Waals surface area contributed by atoms with E-state index in [1.165, 1.54) is 19.1 Å². The van der Waals surface area contributed by atoms with Gasteiger partial charge in [0, 0.05) is 0 Å². The Morgan fingerprint density at radius 1 is 0.967 bits per heavy atom. The maximum atomic E-state index is 12.3. The molecule has 0 saturated heterocycles. The zero-order valence-corrected chi connectivity index (χ0v) is 16.4. The van der Waals surface area contributed by atoms with Crippen molar-refractivity contribution >= 4 is 17.8 Å². The summed E-state index contributed by atoms with van der Waals surface area (Å²) in [5.41, 5.74) is 7.37. The molecule has 2 aromatic carbocycles. The third kappa shape index (κ3) is 7.19. The van der Waals surface area contributed by atoms with E-state index >= 15 is 0 Å². The fourth-order valence-electron chi connectivity index (χ4n) is 2.55. The van der Waals surface area contributed by atoms with Gasteiger partial charge in [0.25, 0.3) is 0 Å². The van der Waals surface area contributed by atoms with Crippen LogP contribution >= 0.6 is 0 Å². The minimum Gasteiger partial charge on any atom is -0.508 e. The van der Waals surface area contributed by atoms with Crippen molar-refractivity contribution in [1.29, 1.82) is 0 Å². The number of carboxylic acid groups (broad SMARTS) is 1. The number of nitrogens with two attached hydrogens (primary N) is 1. The van der Waals surface area contributed by atoms with Crippen molar-refractivity contribution in [2.75, 3.05) is 0 Å². The second-order valence-corrected chi connectivity index (χ2v) is 6.73. The maximum Gasteiger partial charge on any atom is 0.354 e. The normalized spacial score (nSPS) is 13.7. The number of carbonyl (C=O) groups is 3. The van der Waals surface area contributed by atoms with Gasteiger partial charge >= 0.3 is 5.97 Å². The Hall–Kier alpha value is -3.43. The highest BCUT2D eigenvalue weighted by molar-refractivity contribution is 5.91. The molecule has 0 fully saturated rings. The van der Waals surface area contributed by atoms with Crippen molar-refractivity contribution in [2.45, 2.75) is 38.3 Å². The van der Waals surface area contributed by atoms with Gasteiger partial charge in [0.1, 0.15) is 11.8 Å². The molecule has 2 amide bonds. The molecule has 30 heavy (non-hydrogen) atoms. The van der Waals surface area contributed by atoms with Gasteiger partial charge in [-0.25, -0.2) is 4.79 Å². The van der Waals surface area contributed by atoms with Crippen molar-refractivity contribution < 1.29 is 29.3 Å². The molecular formula is C21H25N3O6. The zero-order valence-electron chi connectivity index (χ0n) is 16.4. The number of benzene rings is 2. The Kier molecular flexibility index (Phi) is 8.33. The first-order valence-corrected chi connectivity index (χ1v) is 9.29. The van der Waals surface area contributed by atoms with E-state index < -0.39 is 36.1 Å². The largest absolute Gasteiger partial charge is 0.508 e. The molecular weight excluding hydrogens is 390 g/mol. The predicted molar refractivity (Wildman–Crippen MR) is 108 cm³/mol. The number of ether oxygens (including phenoxy) is 1. The second kappa shape index (κ2) is 10.9. The third-order valence-electron chi connectivity index (χ3n) is 4.24. The van der Waals surface area contributed by atoms with Crippen LogP contribution in [0.3, 0.4) is 0 Å². The fraction of sp³-hybridized carbons (Fsp3) is 0.286. The van der Waals surface area contributed by atoms with Gasteiger partial charge in [-0.2, -0.15) is 0 Å². The van der Waals surface area contributed by atoms with E-state index in [1.807, 2.05) is 6.07 Å². The van der Waals surface area contributed by atoms with Crippen LogP contribution in [0.15, 0.2) is 54.6 Å². The lowest BCUT2D eigenvalue weighted by molar-refractivity contribution is -0.157. The van der Waals surface area contributed by atoms with E-state index in [0.717, 1.165) is 11.1 Å². The predicted octanol–water partition coefficient (Wildman–Crippen LogP) is 0.510. The summed E-state index contributed by atoms with van der Waals surface area (Å²) in [6.45, 7) is 1.41. The van der Waals surface area contributed by atoms with Crippen LogP contribution in [0.1, 0.15) is 18.1 Å². The van der Waals surface area contributed by atoms with Gasteiger partial charge in [-0.3, -0.25) is 9.59 Å². The van der Waals surface area contributed by atoms with Gasteiger partial charge in [-0.05, 0) is 36.6 Å². The Labute approximate surface area is 173 Å². The summed E-state index contributed by atoms with van der Waals surface area (Å²) in [7, 11) is 0. The lowest BCUT2D eigenvalue weighted by Crippen LogP contribution is -2.54. The molecule has 6 N–H and O–H groups in total. The number of rotatable bonds is 10. The minimum atomic E-state index is -1.57. The van der Waals surface area contributed by atoms with Gasteiger partial charge in [0.05, 0.1) is 12.6 Å². The number of hydrogen-bond acceptors (Lipinski definition) is 6. The van der Waals surface area contributed by atoms with Crippen LogP contribution in [0.25, 0.3) is 0 Å². The average Bonchev–Trinajstić information content (AvgIpc) is 2.72. The Morgan fingerprint density at radius 2 is 1.60 bits per heavy atom. The second-order valence-electron chi connectivity index (χ2n) is 6.73. The molecule has 2 rings (SSSR count). The summed E-state index contributed by atoms with van der Waals surface area (Å²) < 4.78 is 5.26. The molecule has 0 aromatic heterocycles. The summed E-state index contributed by atoms with van der Waals surface area (Å²) >= 11 is 0. The first-order chi connectivity index (χ1) is 14.3. The number of carbonyl (C=O) groups excluding carboxylic acids is 2. The van der Waals surface area contributed by atoms with Gasteiger partial charge in [-0.1, -0.05) is 42.5 Å². The highest BCUT2D eigenvalue weighted by atomic mass is 16.5. The molecule has 2 aromatic rings. The molecule has 0 saturated carbocycles. The van der Waals surface area contributed by atoms with Gasteiger partial charge in [-0.15, -0.1) is 0 Å². The van der Waals surface area contributed by atoms with E-state index in [-0.39, 0.29) is 18.8 Å². The number of aliphatic carboxylic acids is 1. The highest BCUT2D eigenvalue weighted by Crippen LogP contribution is 2.11. The van der Waals surface area contributed by atoms with Crippen LogP contribution < -0.4 is 16.4 Å². The Morgan fingerprint density at radius 3 is 2.20 bits per heavy atom. The molecule has 0 spiro atoms. The summed E-state index contributed by atoms with van der Waals surface area (Å²) in [5.74, 6) is -2.55. The minimum absolute atomic E-state index is 0.00364. The third-order valence-corrected chi connectivity index (χ3v) is 4.24. The number of aromatic hydroxyl groups is 1. The number of amides is 2. The zero-order chi connectivity index (χ0) is 22.1. The van der Waals surface area contributed by atoms with Crippen LogP contribution in [-0.2, 0) is 32.1 Å². The Bertz CT molecular complexity index is 857. The molecule has 160 valence electrons. The van der Waals surface area contributed by atoms with E-state index in [4.69, 9.17) is 10.5 Å². The van der Waals surface area contributed by atoms with Gasteiger partial charge < -0.3 is 31.3 Å². The molecule has 0 aliphatic heterocycles. The number of phenolic OH excluding ortho intramolecular Hbond substituents is 1. The van der Waals surface area contributed by atoms with Crippen LogP contribution in [-0.4, -0.2) is 46.3 Å². The van der Waals surface area contributed by atoms with Crippen LogP contribution in [0.5, 0.6) is 5.75 Å². The van der Waals surface area contributed by atoms with Crippen LogP contribution in [0.2, 0.25) is 0 Å². The Balaban J connectivity index is 1.85. The SMILES string of the molecule is C[C@H](NC(=O)[C@@H](N)Cc1ccc(O)cc1)C(=O)NC(OCc1ccccc1)C(=O)O. The number of phenols is 1. The quantitative estimate of drug-likeness (QED) is 0.355. The molecule has 0 bridgehead atoms. The standard InChI is InChI=1S/C21H25N3O6/c1-13(23-19(27)17(22)11-14-7-9-16(25)10-8-14)18(26)24-20(21(28)29)30-12-15-5-3-2-4-6-15/h2-10,13,17,20,25H,11-12,22H2,1H3,(H,23,27)(H,24,26)(H,28,29)/t13-,17-,20?/m0/s1. The van der Waals surface area contributed by atoms with Crippen molar-refractivity contribution in [3.05, 3.63) is 65.7 Å². The molecule has 0 heterocycles. The summed E-state index contributed by atoms with van der Waals surface area (Å²) in [4.78, 5) is 35.9. The highest BCUT2D eigenvalue weighted by Gasteiger charge is 2.26. The van der Waals surface area contributed by atoms with Crippen LogP contribution in [0, 0.1) is 0 Å². The van der Waals surface area contributed by atoms with Gasteiger partial charge in [0.15, 0.2) is 0 Å². The van der Waals surface area contributed by atoms with E-state index in [0.29, 0.717) is 0 Å². The number of carboxylic acids is 1. The first-order valence-electron chi connectivity index (χ1n) is 9.29. The molecule has 3 atom stereocenters. The molecule has 0 aliphatic rings. The van der Waals surface area contributed by atoms with Crippen molar-refractivity contribution in [3.8, 4) is 5.75 Å². The number of hydrogen-bond donors (Lipinski definition) is 5. The van der Waals surface area contributed by atoms with Gasteiger partial charge in [0.2, 0.25) is 18.0 Å². The van der Waals surface area contributed by atoms with Crippen molar-refractivity contribution in [2.24, 2.45) is 5.73 Å². The van der Waals surface area contributed by atoms with E-state index in [9.17, 15) is 24.6 Å². The van der Waals surface area contributed by atoms with Crippen molar-refractivity contribution in [1.82, 2.24) is 10.6 Å². The molecule has 0 radical (unpaired) electrons. The fourth-order valence-corrected chi connectivity index (χ4v) is 2.55. The molecule has 9 heteroatoms. The monoisotopic (exact) mass is 415 g/mol. The lowest BCUT2D eigenvalue weighted by Gasteiger charge is -2.20. The van der Waals surface area contributed by atoms with Crippen LogP contribution in [0.4, 0.5) is 0 Å². The molecule has 1 unspecified atom stereocenters. The summed E-state index contributed by atoms with van der Waals surface area (Å²) in [6.07, 6.45) is -1.36. The molecule has 0 aliphatic carbocycles. The smallest absolute Gasteiger partial charge is 0.354 e. The topological polar surface area (TPSA) is 151 Å². The van der Waals surface area contributed by atoms with E-state index in [2.05, 4.69) is 10.6 Å². The summed E-state index contributed by atoms with van der Waals surface area (Å²) in [5, 5.41) is 23.3. The summed E-state index contributed by atoms with van der Waals surface area (Å²) in [6, 6.07) is 13.2. The average molecular weight is 415 g/mol. The molecule has 9 nitrogen and oxygen atoms in total.